The van der Waals surface area contributed by atoms with Gasteiger partial charge in [-0.05, 0) is 42.8 Å². The van der Waals surface area contributed by atoms with Crippen molar-refractivity contribution in [3.8, 4) is 16.9 Å². The smallest absolute Gasteiger partial charge is 0.250 e. The average molecular weight is 420 g/mol. The number of nitrogens with zero attached hydrogens (tertiary/aromatic N) is 1. The zero-order valence-electron chi connectivity index (χ0n) is 16.5. The predicted molar refractivity (Wildman–Crippen MR) is 112 cm³/mol. The van der Waals surface area contributed by atoms with Gasteiger partial charge in [0.15, 0.2) is 6.17 Å². The number of benzene rings is 1. The van der Waals surface area contributed by atoms with E-state index in [2.05, 4.69) is 4.72 Å². The number of hydrogen-bond donors (Lipinski definition) is 1. The number of pyridine rings is 1. The summed E-state index contributed by atoms with van der Waals surface area (Å²) >= 11 is 0. The molecule has 0 spiro atoms. The van der Waals surface area contributed by atoms with E-state index in [1.165, 1.54) is 36.0 Å². The van der Waals surface area contributed by atoms with Crippen LogP contribution in [0.4, 0.5) is 14.5 Å². The molecule has 1 aliphatic carbocycles. The lowest BCUT2D eigenvalue weighted by atomic mass is 9.97. The van der Waals surface area contributed by atoms with Crippen molar-refractivity contribution in [1.29, 1.82) is 0 Å². The van der Waals surface area contributed by atoms with Crippen LogP contribution in [0.2, 0.25) is 0 Å². The summed E-state index contributed by atoms with van der Waals surface area (Å²) in [7, 11) is 0.342. The molecule has 0 bridgehead atoms. The molecule has 8 heteroatoms. The fourth-order valence-electron chi connectivity index (χ4n) is 3.07. The van der Waals surface area contributed by atoms with Crippen LogP contribution in [0.25, 0.3) is 11.1 Å². The summed E-state index contributed by atoms with van der Waals surface area (Å²) in [6.45, 7) is 3.24. The number of ether oxygens (including phenoxy) is 1. The lowest BCUT2D eigenvalue weighted by Crippen LogP contribution is -2.22. The molecule has 3 atom stereocenters. The standard InChI is InChI=1S/C21H22F2N2O3S/c1-12-9-20(26)25(3)11-16(12)15-10-14(24-29(4)27)5-7-18(15)28-19-8-6-17(22)13(2)21(19)23/h5-11,13,21,24H,1-4H3. The Kier molecular flexibility index (Phi) is 6.02. The van der Waals surface area contributed by atoms with Crippen LogP contribution in [-0.2, 0) is 18.0 Å². The van der Waals surface area contributed by atoms with E-state index in [0.717, 1.165) is 0 Å². The number of nitrogens with one attached hydrogen (secondary N) is 1. The topological polar surface area (TPSA) is 60.3 Å². The third-order valence-electron chi connectivity index (χ3n) is 4.75. The molecule has 3 rings (SSSR count). The number of aromatic nitrogens is 1. The molecule has 1 aromatic carbocycles. The van der Waals surface area contributed by atoms with Crippen LogP contribution in [0.3, 0.4) is 0 Å². The van der Waals surface area contributed by atoms with Gasteiger partial charge in [-0.25, -0.2) is 13.0 Å². The molecule has 2 aromatic rings. The molecule has 29 heavy (non-hydrogen) atoms. The molecular formula is C21H22F2N2O3S. The third-order valence-corrected chi connectivity index (χ3v) is 5.27. The van der Waals surface area contributed by atoms with Gasteiger partial charge in [0, 0.05) is 48.3 Å². The van der Waals surface area contributed by atoms with Crippen LogP contribution in [0.5, 0.6) is 5.75 Å². The van der Waals surface area contributed by atoms with Gasteiger partial charge in [0.05, 0.1) is 0 Å². The first-order valence-corrected chi connectivity index (χ1v) is 10.5. The molecule has 0 saturated heterocycles. The number of alkyl halides is 1. The highest BCUT2D eigenvalue weighted by Gasteiger charge is 2.29. The largest absolute Gasteiger partial charge is 0.458 e. The minimum absolute atomic E-state index is 0.00222. The number of anilines is 1. The number of halogens is 2. The summed E-state index contributed by atoms with van der Waals surface area (Å²) in [5.41, 5.74) is 2.42. The molecule has 1 heterocycles. The number of allylic oxidation sites excluding steroid dienone is 4. The minimum atomic E-state index is -1.62. The lowest BCUT2D eigenvalue weighted by molar-refractivity contribution is 0.209. The first-order valence-electron chi connectivity index (χ1n) is 8.98. The highest BCUT2D eigenvalue weighted by atomic mass is 32.2. The summed E-state index contributed by atoms with van der Waals surface area (Å²) in [5, 5.41) is 0. The van der Waals surface area contributed by atoms with Crippen molar-refractivity contribution in [3.63, 3.8) is 0 Å². The highest BCUT2D eigenvalue weighted by molar-refractivity contribution is 7.85. The second kappa shape index (κ2) is 8.32. The highest BCUT2D eigenvalue weighted by Crippen LogP contribution is 2.38. The van der Waals surface area contributed by atoms with Gasteiger partial charge in [0.1, 0.15) is 28.3 Å². The summed E-state index contributed by atoms with van der Waals surface area (Å²) < 4.78 is 49.9. The zero-order chi connectivity index (χ0) is 21.3. The lowest BCUT2D eigenvalue weighted by Gasteiger charge is -2.23. The first kappa shape index (κ1) is 21.0. The van der Waals surface area contributed by atoms with Gasteiger partial charge in [0.2, 0.25) is 0 Å². The molecule has 154 valence electrons. The van der Waals surface area contributed by atoms with Crippen LogP contribution in [-0.4, -0.2) is 21.2 Å². The maximum absolute atomic E-state index is 14.6. The van der Waals surface area contributed by atoms with Crippen molar-refractivity contribution in [1.82, 2.24) is 4.57 Å². The van der Waals surface area contributed by atoms with E-state index in [9.17, 15) is 17.8 Å². The van der Waals surface area contributed by atoms with Crippen molar-refractivity contribution in [2.45, 2.75) is 20.0 Å². The molecule has 0 aliphatic heterocycles. The van der Waals surface area contributed by atoms with Crippen LogP contribution in [0, 0.1) is 12.8 Å². The van der Waals surface area contributed by atoms with Gasteiger partial charge >= 0.3 is 0 Å². The van der Waals surface area contributed by atoms with Gasteiger partial charge in [0.25, 0.3) is 5.56 Å². The van der Waals surface area contributed by atoms with E-state index < -0.39 is 28.9 Å². The number of rotatable bonds is 5. The van der Waals surface area contributed by atoms with E-state index in [1.54, 1.807) is 38.4 Å². The van der Waals surface area contributed by atoms with Crippen molar-refractivity contribution < 1.29 is 17.7 Å². The van der Waals surface area contributed by atoms with E-state index in [-0.39, 0.29) is 11.3 Å². The molecular weight excluding hydrogens is 398 g/mol. The fraction of sp³-hybridized carbons (Fsp3) is 0.286. The second-order valence-corrected chi connectivity index (χ2v) is 8.11. The van der Waals surface area contributed by atoms with Crippen LogP contribution in [0.1, 0.15) is 12.5 Å². The predicted octanol–water partition coefficient (Wildman–Crippen LogP) is 4.17. The molecule has 0 radical (unpaired) electrons. The Labute approximate surface area is 170 Å². The van der Waals surface area contributed by atoms with E-state index in [1.807, 2.05) is 0 Å². The zero-order valence-corrected chi connectivity index (χ0v) is 17.3. The van der Waals surface area contributed by atoms with Gasteiger partial charge in [-0.3, -0.25) is 4.79 Å². The maximum atomic E-state index is 14.6. The quantitative estimate of drug-likeness (QED) is 0.790. The van der Waals surface area contributed by atoms with E-state index in [4.69, 9.17) is 4.74 Å². The molecule has 3 unspecified atom stereocenters. The van der Waals surface area contributed by atoms with Gasteiger partial charge in [-0.1, -0.05) is 6.92 Å². The van der Waals surface area contributed by atoms with Crippen molar-refractivity contribution in [2.75, 3.05) is 11.0 Å². The molecule has 1 aromatic heterocycles. The molecule has 0 amide bonds. The molecule has 1 aliphatic rings. The average Bonchev–Trinajstić information content (AvgIpc) is 2.66. The summed E-state index contributed by atoms with van der Waals surface area (Å²) in [6, 6.07) is 6.51. The summed E-state index contributed by atoms with van der Waals surface area (Å²) in [4.78, 5) is 11.9. The van der Waals surface area contributed by atoms with Crippen molar-refractivity contribution in [3.05, 3.63) is 70.1 Å². The Balaban J connectivity index is 2.11. The summed E-state index contributed by atoms with van der Waals surface area (Å²) in [6.07, 6.45) is 4.03. The van der Waals surface area contributed by atoms with Crippen LogP contribution >= 0.6 is 0 Å². The molecule has 0 saturated carbocycles. The van der Waals surface area contributed by atoms with E-state index >= 15 is 0 Å². The van der Waals surface area contributed by atoms with Gasteiger partial charge < -0.3 is 14.0 Å². The second-order valence-electron chi connectivity index (χ2n) is 7.00. The SMILES string of the molecule is Cc1cc(=O)n(C)cc1-c1cc(NS(C)=O)ccc1OC1=CC=C(F)C(C)C1F. The first-order chi connectivity index (χ1) is 13.7. The molecule has 5 nitrogen and oxygen atoms in total. The minimum Gasteiger partial charge on any atom is -0.458 e. The van der Waals surface area contributed by atoms with Gasteiger partial charge in [-0.2, -0.15) is 0 Å². The van der Waals surface area contributed by atoms with Crippen molar-refractivity contribution in [2.24, 2.45) is 13.0 Å². The van der Waals surface area contributed by atoms with Crippen LogP contribution < -0.4 is 15.0 Å². The summed E-state index contributed by atoms with van der Waals surface area (Å²) in [5.74, 6) is -1.12. The normalized spacial score (nSPS) is 19.9. The number of aryl methyl sites for hydroxylation is 2. The van der Waals surface area contributed by atoms with Crippen LogP contribution in [0.15, 0.2) is 59.0 Å². The number of hydrogen-bond acceptors (Lipinski definition) is 3. The van der Waals surface area contributed by atoms with E-state index in [0.29, 0.717) is 28.1 Å². The third kappa shape index (κ3) is 4.48. The Morgan fingerprint density at radius 2 is 1.93 bits per heavy atom. The maximum Gasteiger partial charge on any atom is 0.250 e. The Morgan fingerprint density at radius 3 is 2.62 bits per heavy atom. The Bertz CT molecular complexity index is 1090. The van der Waals surface area contributed by atoms with Crippen molar-refractivity contribution >= 4 is 16.7 Å². The molecule has 1 N–H and O–H groups in total. The van der Waals surface area contributed by atoms with Gasteiger partial charge in [-0.15, -0.1) is 0 Å². The fourth-order valence-corrected chi connectivity index (χ4v) is 3.53. The Hall–Kier alpha value is -2.74. The monoisotopic (exact) mass is 420 g/mol. The molecule has 0 fully saturated rings. The Morgan fingerprint density at radius 1 is 1.21 bits per heavy atom.